The maximum atomic E-state index is 12.6. The van der Waals surface area contributed by atoms with Crippen LogP contribution in [0.25, 0.3) is 0 Å². The fourth-order valence-electron chi connectivity index (χ4n) is 5.91. The smallest absolute Gasteiger partial charge is 0.263 e. The molecule has 0 spiro atoms. The minimum Gasteiger partial charge on any atom is -0.483 e. The zero-order valence-corrected chi connectivity index (χ0v) is 32.8. The molecule has 2 fully saturated rings. The van der Waals surface area contributed by atoms with E-state index in [0.29, 0.717) is 37.0 Å². The van der Waals surface area contributed by atoms with Crippen LogP contribution in [-0.2, 0) is 24.8 Å². The number of hydrogen-bond donors (Lipinski definition) is 3. The number of nitrogens with one attached hydrogen (secondary N) is 3. The summed E-state index contributed by atoms with van der Waals surface area (Å²) in [5.74, 6) is 1.02. The second kappa shape index (κ2) is 18.4. The van der Waals surface area contributed by atoms with Gasteiger partial charge in [0, 0.05) is 81.1 Å². The molecule has 3 aromatic carbocycles. The van der Waals surface area contributed by atoms with Crippen molar-refractivity contribution < 1.29 is 26.4 Å². The summed E-state index contributed by atoms with van der Waals surface area (Å²) in [5, 5.41) is 3.91. The summed E-state index contributed by atoms with van der Waals surface area (Å²) in [6.45, 7) is 7.95. The first-order valence-corrected chi connectivity index (χ1v) is 21.0. The molecule has 2 saturated heterocycles. The Hall–Kier alpha value is -5.56. The van der Waals surface area contributed by atoms with Gasteiger partial charge in [-0.2, -0.15) is 0 Å². The van der Waals surface area contributed by atoms with Gasteiger partial charge in [-0.25, -0.2) is 36.8 Å². The average molecular weight is 821 g/mol. The summed E-state index contributed by atoms with van der Waals surface area (Å²) in [4.78, 5) is 34.3. The van der Waals surface area contributed by atoms with Crippen LogP contribution >= 0.6 is 11.6 Å². The number of amides is 1. The van der Waals surface area contributed by atoms with Crippen molar-refractivity contribution in [2.75, 3.05) is 78.2 Å². The molecule has 3 N–H and O–H groups in total. The van der Waals surface area contributed by atoms with Crippen LogP contribution < -0.4 is 29.3 Å². The third-order valence-electron chi connectivity index (χ3n) is 8.90. The number of benzene rings is 3. The minimum absolute atomic E-state index is 0.0334. The van der Waals surface area contributed by atoms with Crippen molar-refractivity contribution in [2.24, 2.45) is 0 Å². The molecule has 56 heavy (non-hydrogen) atoms. The zero-order chi connectivity index (χ0) is 39.5. The highest BCUT2D eigenvalue weighted by atomic mass is 35.5. The first-order valence-electron chi connectivity index (χ1n) is 17.6. The van der Waals surface area contributed by atoms with Crippen LogP contribution in [0.5, 0.6) is 5.75 Å². The summed E-state index contributed by atoms with van der Waals surface area (Å²) in [7, 11) is -7.38. The van der Waals surface area contributed by atoms with E-state index in [4.69, 9.17) is 16.3 Å². The Morgan fingerprint density at radius 2 is 1.21 bits per heavy atom. The number of halogens is 1. The van der Waals surface area contributed by atoms with E-state index < -0.39 is 20.0 Å². The Kier molecular flexibility index (Phi) is 13.2. The van der Waals surface area contributed by atoms with Gasteiger partial charge < -0.3 is 24.8 Å². The fraction of sp³-hybridized carbons (Fsp3) is 0.270. The second-order valence-corrected chi connectivity index (χ2v) is 16.5. The van der Waals surface area contributed by atoms with Crippen molar-refractivity contribution in [2.45, 2.75) is 16.7 Å². The molecule has 4 heterocycles. The van der Waals surface area contributed by atoms with E-state index in [2.05, 4.69) is 44.5 Å². The van der Waals surface area contributed by atoms with Gasteiger partial charge in [-0.1, -0.05) is 11.6 Å². The predicted octanol–water partition coefficient (Wildman–Crippen LogP) is 3.65. The lowest BCUT2D eigenvalue weighted by Crippen LogP contribution is -2.50. The van der Waals surface area contributed by atoms with Gasteiger partial charge in [0.25, 0.3) is 26.0 Å². The van der Waals surface area contributed by atoms with Gasteiger partial charge in [-0.15, -0.1) is 0 Å². The molecule has 0 saturated carbocycles. The Morgan fingerprint density at radius 1 is 0.714 bits per heavy atom. The van der Waals surface area contributed by atoms with Crippen molar-refractivity contribution in [1.29, 1.82) is 0 Å². The molecule has 7 rings (SSSR count). The van der Waals surface area contributed by atoms with Crippen LogP contribution in [0.2, 0.25) is 5.02 Å². The molecule has 2 aromatic heterocycles. The number of anilines is 4. The van der Waals surface area contributed by atoms with Crippen molar-refractivity contribution in [3.63, 3.8) is 0 Å². The summed E-state index contributed by atoms with van der Waals surface area (Å²) >= 11 is 5.96. The van der Waals surface area contributed by atoms with E-state index in [-0.39, 0.29) is 33.9 Å². The molecule has 0 atom stereocenters. The van der Waals surface area contributed by atoms with Crippen LogP contribution in [0.3, 0.4) is 0 Å². The molecular formula is C37H41ClN10O6S2. The molecule has 16 nitrogen and oxygen atoms in total. The Morgan fingerprint density at radius 3 is 1.68 bits per heavy atom. The zero-order valence-electron chi connectivity index (χ0n) is 30.5. The molecule has 0 radical (unpaired) electrons. The van der Waals surface area contributed by atoms with Gasteiger partial charge in [-0.05, 0) is 91.3 Å². The van der Waals surface area contributed by atoms with E-state index in [1.807, 2.05) is 19.1 Å². The van der Waals surface area contributed by atoms with Crippen LogP contribution in [0.15, 0.2) is 114 Å². The molecule has 1 amide bonds. The van der Waals surface area contributed by atoms with Crippen molar-refractivity contribution in [3.8, 4) is 5.75 Å². The van der Waals surface area contributed by atoms with Gasteiger partial charge in [0.15, 0.2) is 6.61 Å². The Balaban J connectivity index is 0.000000208. The van der Waals surface area contributed by atoms with Gasteiger partial charge >= 0.3 is 0 Å². The Bertz CT molecular complexity index is 2280. The Labute approximate surface area is 331 Å². The molecule has 2 aliphatic heterocycles. The van der Waals surface area contributed by atoms with Crippen LogP contribution in [0, 0.1) is 6.92 Å². The van der Waals surface area contributed by atoms with Crippen molar-refractivity contribution in [1.82, 2.24) is 30.2 Å². The number of ether oxygens (including phenoxy) is 1. The standard InChI is InChI=1S/C23H24ClN5O4S.C14H17N5O2S/c1-17-14-18(24)2-7-21(17)33-15-23(30)29-12-10-28(11-13-29)19-3-5-20(6-4-19)34(31,32)27-22-8-9-25-16-26-22;20-22(21,18-14-5-6-16-11-17-14)13-3-1-12(2-4-13)19-9-7-15-8-10-19/h2-9,14,16H,10-13,15H2,1H3,(H,25,26,27);1-6,11,15H,7-10H2,(H,16,17,18). The number of sulfonamides is 2. The van der Waals surface area contributed by atoms with Gasteiger partial charge in [0.1, 0.15) is 30.0 Å². The van der Waals surface area contributed by atoms with E-state index in [0.717, 1.165) is 43.1 Å². The second-order valence-electron chi connectivity index (χ2n) is 12.7. The van der Waals surface area contributed by atoms with Gasteiger partial charge in [0.2, 0.25) is 0 Å². The molecule has 294 valence electrons. The number of rotatable bonds is 11. The van der Waals surface area contributed by atoms with E-state index in [9.17, 15) is 21.6 Å². The topological polar surface area (TPSA) is 192 Å². The molecule has 19 heteroatoms. The van der Waals surface area contributed by atoms with Crippen molar-refractivity contribution in [3.05, 3.63) is 114 Å². The van der Waals surface area contributed by atoms with E-state index >= 15 is 0 Å². The lowest BCUT2D eigenvalue weighted by molar-refractivity contribution is -0.133. The van der Waals surface area contributed by atoms with E-state index in [1.54, 1.807) is 59.5 Å². The number of nitrogens with zero attached hydrogens (tertiary/aromatic N) is 7. The number of carbonyl (C=O) groups is 1. The predicted molar refractivity (Wildman–Crippen MR) is 214 cm³/mol. The SMILES string of the molecule is Cc1cc(Cl)ccc1OCC(=O)N1CCN(c2ccc(S(=O)(=O)Nc3ccncn3)cc2)CC1.O=S(=O)(Nc1ccncn1)c1ccc(N2CCNCC2)cc1. The van der Waals surface area contributed by atoms with Crippen LogP contribution in [0.4, 0.5) is 23.0 Å². The summed E-state index contributed by atoms with van der Waals surface area (Å²) in [5.41, 5.74) is 2.80. The number of carbonyl (C=O) groups excluding carboxylic acids is 1. The monoisotopic (exact) mass is 820 g/mol. The number of aryl methyl sites for hydroxylation is 1. The third-order valence-corrected chi connectivity index (χ3v) is 11.9. The normalized spacial score (nSPS) is 14.6. The minimum atomic E-state index is -3.75. The van der Waals surface area contributed by atoms with Crippen molar-refractivity contribution >= 4 is 60.6 Å². The maximum absolute atomic E-state index is 12.6. The lowest BCUT2D eigenvalue weighted by Gasteiger charge is -2.36. The molecule has 0 unspecified atom stereocenters. The molecule has 2 aliphatic rings. The highest BCUT2D eigenvalue weighted by Gasteiger charge is 2.23. The lowest BCUT2D eigenvalue weighted by atomic mass is 10.2. The van der Waals surface area contributed by atoms with E-state index in [1.165, 1.54) is 37.2 Å². The molecule has 5 aromatic rings. The highest BCUT2D eigenvalue weighted by molar-refractivity contribution is 7.93. The quantitative estimate of drug-likeness (QED) is 0.175. The first-order chi connectivity index (χ1) is 27.0. The molecular weight excluding hydrogens is 780 g/mol. The average Bonchev–Trinajstić information content (AvgIpc) is 3.21. The molecule has 0 bridgehead atoms. The maximum Gasteiger partial charge on any atom is 0.263 e. The molecule has 0 aliphatic carbocycles. The van der Waals surface area contributed by atoms with Crippen LogP contribution in [0.1, 0.15) is 5.56 Å². The number of aromatic nitrogens is 4. The summed E-state index contributed by atoms with van der Waals surface area (Å²) in [6.07, 6.45) is 5.52. The summed E-state index contributed by atoms with van der Waals surface area (Å²) in [6, 6.07) is 21.8. The van der Waals surface area contributed by atoms with Crippen LogP contribution in [-0.4, -0.2) is 107 Å². The number of piperazine rings is 2. The summed E-state index contributed by atoms with van der Waals surface area (Å²) < 4.78 is 60.2. The number of hydrogen-bond acceptors (Lipinski definition) is 13. The van der Waals surface area contributed by atoms with Gasteiger partial charge in [-0.3, -0.25) is 14.2 Å². The third kappa shape index (κ3) is 10.8. The fourth-order valence-corrected chi connectivity index (χ4v) is 8.15. The highest BCUT2D eigenvalue weighted by Crippen LogP contribution is 2.24. The first kappa shape index (κ1) is 40.1. The van der Waals surface area contributed by atoms with Gasteiger partial charge in [0.05, 0.1) is 9.79 Å². The largest absolute Gasteiger partial charge is 0.483 e.